The van der Waals surface area contributed by atoms with Gasteiger partial charge < -0.3 is 15.8 Å². The third-order valence-electron chi connectivity index (χ3n) is 3.88. The van der Waals surface area contributed by atoms with Crippen molar-refractivity contribution in [2.45, 2.75) is 19.4 Å². The molecule has 5 N–H and O–H groups in total. The van der Waals surface area contributed by atoms with Gasteiger partial charge in [0.2, 0.25) is 0 Å². The van der Waals surface area contributed by atoms with Gasteiger partial charge in [-0.25, -0.2) is 9.78 Å². The summed E-state index contributed by atoms with van der Waals surface area (Å²) in [4.78, 5) is 16.3. The van der Waals surface area contributed by atoms with Gasteiger partial charge in [-0.1, -0.05) is 42.5 Å². The van der Waals surface area contributed by atoms with E-state index in [2.05, 4.69) is 15.6 Å². The van der Waals surface area contributed by atoms with E-state index in [1.165, 1.54) is 11.3 Å². The number of benzene rings is 2. The van der Waals surface area contributed by atoms with Gasteiger partial charge in [0, 0.05) is 11.1 Å². The number of nitrogens with zero attached hydrogens (tertiary/aromatic N) is 1. The van der Waals surface area contributed by atoms with Crippen molar-refractivity contribution in [3.05, 3.63) is 76.8 Å². The van der Waals surface area contributed by atoms with Crippen molar-refractivity contribution >= 4 is 34.2 Å². The number of hydrogen-bond donors (Lipinski definition) is 4. The molecule has 3 rings (SSSR count). The summed E-state index contributed by atoms with van der Waals surface area (Å²) in [5.74, 6) is -0.0856. The van der Waals surface area contributed by atoms with E-state index in [4.69, 9.17) is 15.9 Å². The van der Waals surface area contributed by atoms with E-state index in [-0.39, 0.29) is 12.6 Å². The van der Waals surface area contributed by atoms with Gasteiger partial charge in [-0.05, 0) is 36.1 Å². The molecule has 0 radical (unpaired) electrons. The van der Waals surface area contributed by atoms with E-state index in [9.17, 15) is 4.79 Å². The average Bonchev–Trinajstić information content (AvgIpc) is 3.13. The topological polar surface area (TPSA) is 113 Å². The second kappa shape index (κ2) is 9.52. The molecule has 0 bridgehead atoms. The summed E-state index contributed by atoms with van der Waals surface area (Å²) in [5.41, 5.74) is 9.09. The van der Waals surface area contributed by atoms with Crippen molar-refractivity contribution in [2.24, 2.45) is 5.73 Å². The highest BCUT2D eigenvalue weighted by Gasteiger charge is 2.08. The van der Waals surface area contributed by atoms with Crippen LogP contribution in [-0.2, 0) is 24.2 Å². The van der Waals surface area contributed by atoms with Gasteiger partial charge in [0.05, 0.1) is 5.69 Å². The summed E-state index contributed by atoms with van der Waals surface area (Å²) >= 11 is 1.37. The highest BCUT2D eigenvalue weighted by Crippen LogP contribution is 2.18. The minimum absolute atomic E-state index is 0.0856. The molecule has 0 saturated heterocycles. The summed E-state index contributed by atoms with van der Waals surface area (Å²) in [5, 5.41) is 15.1. The van der Waals surface area contributed by atoms with Gasteiger partial charge in [-0.2, -0.15) is 0 Å². The summed E-state index contributed by atoms with van der Waals surface area (Å²) in [7, 11) is 0. The number of ether oxygens (including phenoxy) is 1. The quantitative estimate of drug-likeness (QED) is 0.357. The van der Waals surface area contributed by atoms with Gasteiger partial charge in [0.25, 0.3) is 0 Å². The Bertz CT molecular complexity index is 925. The minimum Gasteiger partial charge on any atom is -0.444 e. The third kappa shape index (κ3) is 6.10. The van der Waals surface area contributed by atoms with E-state index >= 15 is 0 Å². The molecular formula is C20H21N5O2S. The Morgan fingerprint density at radius 2 is 1.79 bits per heavy atom. The van der Waals surface area contributed by atoms with Crippen LogP contribution in [0, 0.1) is 5.41 Å². The number of nitrogens with two attached hydrogens (primary N) is 1. The normalized spacial score (nSPS) is 10.3. The lowest BCUT2D eigenvalue weighted by Gasteiger charge is -2.05. The molecule has 1 heterocycles. The Hall–Kier alpha value is -3.39. The first-order chi connectivity index (χ1) is 13.6. The first-order valence-corrected chi connectivity index (χ1v) is 9.58. The number of rotatable bonds is 7. The number of hydrogen-bond acceptors (Lipinski definition) is 5. The Labute approximate surface area is 167 Å². The second-order valence-electron chi connectivity index (χ2n) is 6.07. The van der Waals surface area contributed by atoms with Crippen molar-refractivity contribution in [3.8, 4) is 0 Å². The molecule has 8 heteroatoms. The number of aryl methyl sites for hydroxylation is 2. The molecule has 0 aliphatic heterocycles. The molecule has 3 aromatic rings. The summed E-state index contributed by atoms with van der Waals surface area (Å²) < 4.78 is 5.20. The molecule has 0 fully saturated rings. The number of aromatic nitrogens is 1. The Morgan fingerprint density at radius 3 is 2.50 bits per heavy atom. The monoisotopic (exact) mass is 395 g/mol. The molecule has 2 aromatic carbocycles. The van der Waals surface area contributed by atoms with E-state index in [0.29, 0.717) is 5.13 Å². The predicted octanol–water partition coefficient (Wildman–Crippen LogP) is 3.98. The number of guanidine groups is 1. The fraction of sp³-hybridized carbons (Fsp3) is 0.150. The molecule has 0 unspecified atom stereocenters. The first kappa shape index (κ1) is 19.4. The average molecular weight is 395 g/mol. The number of carbonyl (C=O) groups excluding carboxylic acids is 1. The van der Waals surface area contributed by atoms with E-state index in [1.807, 2.05) is 60.0 Å². The van der Waals surface area contributed by atoms with Gasteiger partial charge in [-0.15, -0.1) is 11.3 Å². The molecule has 0 aliphatic carbocycles. The van der Waals surface area contributed by atoms with Crippen molar-refractivity contribution in [2.75, 3.05) is 10.6 Å². The smallest absolute Gasteiger partial charge is 0.413 e. The van der Waals surface area contributed by atoms with Gasteiger partial charge in [0.1, 0.15) is 6.61 Å². The standard InChI is InChI=1S/C20H21N5O2S/c21-18(22)23-16-9-6-14(7-10-16)8-11-17-13-28-19(24-17)25-20(26)27-12-15-4-2-1-3-5-15/h1-7,9-10,13H,8,11-12H2,(H4,21,22,23)(H,24,25,26). The summed E-state index contributed by atoms with van der Waals surface area (Å²) in [6, 6.07) is 17.2. The zero-order valence-corrected chi connectivity index (χ0v) is 16.0. The lowest BCUT2D eigenvalue weighted by molar-refractivity contribution is 0.155. The van der Waals surface area contributed by atoms with Crippen LogP contribution in [0.1, 0.15) is 16.8 Å². The van der Waals surface area contributed by atoms with Crippen molar-refractivity contribution < 1.29 is 9.53 Å². The number of thiazole rings is 1. The highest BCUT2D eigenvalue weighted by atomic mass is 32.1. The lowest BCUT2D eigenvalue weighted by atomic mass is 10.1. The number of carbonyl (C=O) groups is 1. The fourth-order valence-electron chi connectivity index (χ4n) is 2.51. The van der Waals surface area contributed by atoms with Crippen LogP contribution in [-0.4, -0.2) is 17.0 Å². The molecule has 0 atom stereocenters. The van der Waals surface area contributed by atoms with Crippen LogP contribution in [0.15, 0.2) is 60.0 Å². The van der Waals surface area contributed by atoms with Crippen LogP contribution in [0.2, 0.25) is 0 Å². The van der Waals surface area contributed by atoms with Crippen molar-refractivity contribution in [3.63, 3.8) is 0 Å². The van der Waals surface area contributed by atoms with Gasteiger partial charge >= 0.3 is 6.09 Å². The maximum absolute atomic E-state index is 11.9. The van der Waals surface area contributed by atoms with Crippen LogP contribution in [0.25, 0.3) is 0 Å². The zero-order chi connectivity index (χ0) is 19.8. The molecule has 1 aromatic heterocycles. The number of anilines is 2. The summed E-state index contributed by atoms with van der Waals surface area (Å²) in [6.45, 7) is 0.222. The molecule has 7 nitrogen and oxygen atoms in total. The molecule has 0 aliphatic rings. The van der Waals surface area contributed by atoms with Crippen molar-refractivity contribution in [1.29, 1.82) is 5.41 Å². The Balaban J connectivity index is 1.44. The number of nitrogens with one attached hydrogen (secondary N) is 3. The predicted molar refractivity (Wildman–Crippen MR) is 112 cm³/mol. The third-order valence-corrected chi connectivity index (χ3v) is 4.68. The summed E-state index contributed by atoms with van der Waals surface area (Å²) in [6.07, 6.45) is 1.07. The van der Waals surface area contributed by atoms with Gasteiger partial charge in [0.15, 0.2) is 11.1 Å². The van der Waals surface area contributed by atoms with Crippen molar-refractivity contribution in [1.82, 2.24) is 4.98 Å². The maximum atomic E-state index is 11.9. The van der Waals surface area contributed by atoms with Crippen LogP contribution < -0.4 is 16.4 Å². The van der Waals surface area contributed by atoms with E-state index < -0.39 is 6.09 Å². The molecule has 0 spiro atoms. The van der Waals surface area contributed by atoms with Crippen LogP contribution in [0.3, 0.4) is 0 Å². The molecule has 28 heavy (non-hydrogen) atoms. The van der Waals surface area contributed by atoms with E-state index in [0.717, 1.165) is 35.3 Å². The maximum Gasteiger partial charge on any atom is 0.413 e. The van der Waals surface area contributed by atoms with Crippen LogP contribution in [0.5, 0.6) is 0 Å². The zero-order valence-electron chi connectivity index (χ0n) is 15.1. The largest absolute Gasteiger partial charge is 0.444 e. The Kier molecular flexibility index (Phi) is 6.59. The molecular weight excluding hydrogens is 374 g/mol. The minimum atomic E-state index is -0.515. The Morgan fingerprint density at radius 1 is 1.04 bits per heavy atom. The first-order valence-electron chi connectivity index (χ1n) is 8.70. The van der Waals surface area contributed by atoms with Gasteiger partial charge in [-0.3, -0.25) is 10.7 Å². The molecule has 0 saturated carbocycles. The van der Waals surface area contributed by atoms with Crippen LogP contribution in [0.4, 0.5) is 15.6 Å². The highest BCUT2D eigenvalue weighted by molar-refractivity contribution is 7.13. The van der Waals surface area contributed by atoms with E-state index in [1.54, 1.807) is 0 Å². The number of amides is 1. The fourth-order valence-corrected chi connectivity index (χ4v) is 3.24. The second-order valence-corrected chi connectivity index (χ2v) is 6.92. The van der Waals surface area contributed by atoms with Crippen LogP contribution >= 0.6 is 11.3 Å². The molecule has 1 amide bonds. The lowest BCUT2D eigenvalue weighted by Crippen LogP contribution is -2.20. The SMILES string of the molecule is N=C(N)Nc1ccc(CCc2csc(NC(=O)OCc3ccccc3)n2)cc1. The molecule has 144 valence electrons.